The van der Waals surface area contributed by atoms with Gasteiger partial charge in [0.25, 0.3) is 15.9 Å². The van der Waals surface area contributed by atoms with Crippen molar-refractivity contribution in [2.75, 3.05) is 4.72 Å². The first-order chi connectivity index (χ1) is 13.3. The molecule has 0 unspecified atom stereocenters. The highest BCUT2D eigenvalue weighted by Crippen LogP contribution is 2.40. The number of aromatic nitrogens is 3. The molecule has 3 aromatic rings. The number of benzene rings is 1. The van der Waals surface area contributed by atoms with Crippen LogP contribution < -0.4 is 4.72 Å². The van der Waals surface area contributed by atoms with Crippen LogP contribution in [0.3, 0.4) is 0 Å². The van der Waals surface area contributed by atoms with E-state index in [-0.39, 0.29) is 10.8 Å². The Bertz CT molecular complexity index is 1120. The summed E-state index contributed by atoms with van der Waals surface area (Å²) in [6.45, 7) is 7.55. The molecule has 2 N–H and O–H groups in total. The third-order valence-electron chi connectivity index (χ3n) is 5.05. The molecule has 0 amide bonds. The molecule has 1 aliphatic carbocycles. The lowest BCUT2D eigenvalue weighted by molar-refractivity contribution is 0.507. The van der Waals surface area contributed by atoms with Crippen molar-refractivity contribution in [2.24, 2.45) is 0 Å². The van der Waals surface area contributed by atoms with Crippen LogP contribution in [0.25, 0.3) is 11.6 Å². The summed E-state index contributed by atoms with van der Waals surface area (Å²) in [5.41, 5.74) is 3.19. The molecule has 4 rings (SSSR count). The molecule has 0 saturated heterocycles. The normalized spacial score (nSPS) is 14.6. The lowest BCUT2D eigenvalue weighted by Crippen LogP contribution is -2.16. The number of hydrogen-bond acceptors (Lipinski definition) is 5. The van der Waals surface area contributed by atoms with Crippen molar-refractivity contribution in [3.8, 4) is 11.6 Å². The number of nitrogens with one attached hydrogen (secondary N) is 2. The van der Waals surface area contributed by atoms with Crippen LogP contribution in [0.15, 0.2) is 33.6 Å². The Morgan fingerprint density at radius 1 is 1.18 bits per heavy atom. The lowest BCUT2D eigenvalue weighted by atomic mass is 10.0. The molecule has 7 nitrogen and oxygen atoms in total. The molecule has 1 aromatic carbocycles. The summed E-state index contributed by atoms with van der Waals surface area (Å²) in [5, 5.41) is 8.20. The molecule has 2 heterocycles. The van der Waals surface area contributed by atoms with E-state index in [0.717, 1.165) is 18.4 Å². The third kappa shape index (κ3) is 3.32. The topological polar surface area (TPSA) is 101 Å². The van der Waals surface area contributed by atoms with E-state index >= 15 is 0 Å². The largest absolute Gasteiger partial charge is 0.419 e. The van der Waals surface area contributed by atoms with E-state index in [1.54, 1.807) is 19.9 Å². The number of hydrogen-bond donors (Lipinski definition) is 2. The summed E-state index contributed by atoms with van der Waals surface area (Å²) < 4.78 is 34.9. The summed E-state index contributed by atoms with van der Waals surface area (Å²) in [6, 6.07) is 7.45. The Morgan fingerprint density at radius 3 is 2.57 bits per heavy atom. The fraction of sp³-hybridized carbons (Fsp3) is 0.400. The van der Waals surface area contributed by atoms with E-state index in [2.05, 4.69) is 19.9 Å². The molecular formula is C20H24N4O3S. The number of sulfonamides is 1. The second-order valence-electron chi connectivity index (χ2n) is 7.65. The number of rotatable bonds is 6. The Balaban J connectivity index is 1.71. The molecule has 2 aromatic heterocycles. The molecule has 28 heavy (non-hydrogen) atoms. The molecule has 0 radical (unpaired) electrons. The van der Waals surface area contributed by atoms with E-state index in [1.807, 2.05) is 32.0 Å². The van der Waals surface area contributed by atoms with Crippen molar-refractivity contribution >= 4 is 15.7 Å². The van der Waals surface area contributed by atoms with Crippen molar-refractivity contribution in [2.45, 2.75) is 57.3 Å². The molecule has 0 bridgehead atoms. The highest BCUT2D eigenvalue weighted by atomic mass is 32.2. The second kappa shape index (κ2) is 6.77. The summed E-state index contributed by atoms with van der Waals surface area (Å²) in [7, 11) is -3.79. The van der Waals surface area contributed by atoms with Crippen LogP contribution in [0.2, 0.25) is 0 Å². The molecule has 1 fully saturated rings. The van der Waals surface area contributed by atoms with Gasteiger partial charge in [0, 0.05) is 17.2 Å². The minimum Gasteiger partial charge on any atom is -0.419 e. The first kappa shape index (κ1) is 18.7. The van der Waals surface area contributed by atoms with Gasteiger partial charge in [-0.2, -0.15) is 0 Å². The van der Waals surface area contributed by atoms with Gasteiger partial charge in [-0.3, -0.25) is 4.72 Å². The van der Waals surface area contributed by atoms with Gasteiger partial charge in [0.2, 0.25) is 5.89 Å². The summed E-state index contributed by atoms with van der Waals surface area (Å²) >= 11 is 0. The predicted octanol–water partition coefficient (Wildman–Crippen LogP) is 4.48. The number of aryl methyl sites for hydroxylation is 1. The zero-order chi connectivity index (χ0) is 20.1. The van der Waals surface area contributed by atoms with Crippen LogP contribution in [-0.2, 0) is 10.0 Å². The Hall–Kier alpha value is -2.61. The Kier molecular flexibility index (Phi) is 4.53. The monoisotopic (exact) mass is 400 g/mol. The van der Waals surface area contributed by atoms with Gasteiger partial charge in [-0.15, -0.1) is 10.2 Å². The second-order valence-corrected chi connectivity index (χ2v) is 9.27. The van der Waals surface area contributed by atoms with Gasteiger partial charge >= 0.3 is 0 Å². The minimum absolute atomic E-state index is 0.196. The van der Waals surface area contributed by atoms with Gasteiger partial charge in [0.05, 0.1) is 5.69 Å². The lowest BCUT2D eigenvalue weighted by Gasteiger charge is -2.15. The molecule has 0 atom stereocenters. The highest BCUT2D eigenvalue weighted by Gasteiger charge is 2.31. The van der Waals surface area contributed by atoms with E-state index < -0.39 is 10.0 Å². The summed E-state index contributed by atoms with van der Waals surface area (Å²) in [6.07, 6.45) is 2.12. The number of para-hydroxylation sites is 1. The van der Waals surface area contributed by atoms with Gasteiger partial charge < -0.3 is 9.40 Å². The average Bonchev–Trinajstić information content (AvgIpc) is 3.28. The van der Waals surface area contributed by atoms with Crippen LogP contribution in [0, 0.1) is 13.8 Å². The Labute approximate surface area is 164 Å². The SMILES string of the molecule is Cc1[nH]c(-c2nnc(C3CC3)o2)c(C)c1S(=O)(=O)Nc1ccccc1C(C)C. The van der Waals surface area contributed by atoms with Crippen LogP contribution in [0.1, 0.15) is 61.2 Å². The summed E-state index contributed by atoms with van der Waals surface area (Å²) in [5.74, 6) is 1.48. The van der Waals surface area contributed by atoms with Crippen molar-refractivity contribution < 1.29 is 12.8 Å². The molecule has 0 aliphatic heterocycles. The van der Waals surface area contributed by atoms with Gasteiger partial charge in [-0.25, -0.2) is 8.42 Å². The van der Waals surface area contributed by atoms with Crippen molar-refractivity contribution in [1.82, 2.24) is 15.2 Å². The number of anilines is 1. The van der Waals surface area contributed by atoms with Crippen molar-refractivity contribution in [1.29, 1.82) is 0 Å². The minimum atomic E-state index is -3.79. The maximum atomic E-state index is 13.2. The van der Waals surface area contributed by atoms with Gasteiger partial charge in [-0.1, -0.05) is 32.0 Å². The molecule has 8 heteroatoms. The first-order valence-corrected chi connectivity index (χ1v) is 10.9. The average molecular weight is 401 g/mol. The standard InChI is InChI=1S/C20H24N4O3S/c1-11(2)15-7-5-6-8-16(15)24-28(25,26)18-12(3)17(21-13(18)4)20-23-22-19(27-20)14-9-10-14/h5-8,11,14,21,24H,9-10H2,1-4H3. The highest BCUT2D eigenvalue weighted by molar-refractivity contribution is 7.92. The summed E-state index contributed by atoms with van der Waals surface area (Å²) in [4.78, 5) is 3.33. The Morgan fingerprint density at radius 2 is 1.89 bits per heavy atom. The van der Waals surface area contributed by atoms with Crippen molar-refractivity contribution in [3.63, 3.8) is 0 Å². The van der Waals surface area contributed by atoms with E-state index in [1.165, 1.54) is 0 Å². The molecule has 148 valence electrons. The molecule has 1 saturated carbocycles. The van der Waals surface area contributed by atoms with E-state index in [4.69, 9.17) is 4.42 Å². The maximum absolute atomic E-state index is 13.2. The van der Waals surface area contributed by atoms with E-state index in [9.17, 15) is 8.42 Å². The quantitative estimate of drug-likeness (QED) is 0.635. The fourth-order valence-electron chi connectivity index (χ4n) is 3.47. The number of H-pyrrole nitrogens is 1. The zero-order valence-corrected chi connectivity index (χ0v) is 17.2. The van der Waals surface area contributed by atoms with Gasteiger partial charge in [0.15, 0.2) is 0 Å². The van der Waals surface area contributed by atoms with Gasteiger partial charge in [0.1, 0.15) is 10.6 Å². The fourth-order valence-corrected chi connectivity index (χ4v) is 5.01. The van der Waals surface area contributed by atoms with Crippen LogP contribution >= 0.6 is 0 Å². The smallest absolute Gasteiger partial charge is 0.264 e. The molecular weight excluding hydrogens is 376 g/mol. The van der Waals surface area contributed by atoms with E-state index in [0.29, 0.717) is 40.3 Å². The molecule has 0 spiro atoms. The maximum Gasteiger partial charge on any atom is 0.264 e. The van der Waals surface area contributed by atoms with Crippen LogP contribution in [-0.4, -0.2) is 23.6 Å². The molecule has 1 aliphatic rings. The van der Waals surface area contributed by atoms with Gasteiger partial charge in [-0.05, 0) is 44.2 Å². The number of nitrogens with zero attached hydrogens (tertiary/aromatic N) is 2. The van der Waals surface area contributed by atoms with Crippen molar-refractivity contribution in [3.05, 3.63) is 47.0 Å². The van der Waals surface area contributed by atoms with Crippen LogP contribution in [0.4, 0.5) is 5.69 Å². The first-order valence-electron chi connectivity index (χ1n) is 9.42. The number of aromatic amines is 1. The predicted molar refractivity (Wildman–Crippen MR) is 107 cm³/mol. The zero-order valence-electron chi connectivity index (χ0n) is 16.4. The third-order valence-corrected chi connectivity index (χ3v) is 6.68. The van der Waals surface area contributed by atoms with Crippen LogP contribution in [0.5, 0.6) is 0 Å².